The molecule has 0 aliphatic heterocycles. The van der Waals surface area contributed by atoms with E-state index < -0.39 is 0 Å². The first-order valence-corrected chi connectivity index (χ1v) is 8.28. The molecule has 3 aromatic rings. The van der Waals surface area contributed by atoms with Gasteiger partial charge in [-0.15, -0.1) is 21.5 Å². The second kappa shape index (κ2) is 5.96. The lowest BCUT2D eigenvalue weighted by molar-refractivity contribution is 0.0956. The quantitative estimate of drug-likeness (QED) is 0.750. The van der Waals surface area contributed by atoms with Crippen LogP contribution < -0.4 is 5.32 Å². The third kappa shape index (κ3) is 3.02. The van der Waals surface area contributed by atoms with Crippen LogP contribution in [0.1, 0.15) is 34.3 Å². The Kier molecular flexibility index (Phi) is 3.66. The summed E-state index contributed by atoms with van der Waals surface area (Å²) in [5, 5.41) is 11.7. The number of nitrogens with one attached hydrogen (secondary N) is 1. The van der Waals surface area contributed by atoms with E-state index in [-0.39, 0.29) is 5.91 Å². The third-order valence-corrected chi connectivity index (χ3v) is 4.70. The van der Waals surface area contributed by atoms with Crippen LogP contribution in [0.4, 0.5) is 0 Å². The summed E-state index contributed by atoms with van der Waals surface area (Å²) in [6.45, 7) is 1.21. The molecule has 0 atom stereocenters. The molecule has 4 rings (SSSR count). The first kappa shape index (κ1) is 14.1. The normalized spacial score (nSPS) is 14.1. The maximum Gasteiger partial charge on any atom is 0.263 e. The minimum absolute atomic E-state index is 0.124. The van der Waals surface area contributed by atoms with Crippen molar-refractivity contribution < 1.29 is 9.21 Å². The summed E-state index contributed by atoms with van der Waals surface area (Å²) >= 11 is 1.32. The average molecular weight is 329 g/mol. The molecule has 1 aliphatic rings. The van der Waals surface area contributed by atoms with Gasteiger partial charge < -0.3 is 14.3 Å². The van der Waals surface area contributed by atoms with Crippen molar-refractivity contribution in [2.45, 2.75) is 25.3 Å². The lowest BCUT2D eigenvalue weighted by atomic mass is 10.4. The molecular formula is C15H15N5O2S. The molecule has 1 aliphatic carbocycles. The highest BCUT2D eigenvalue weighted by Gasteiger charge is 2.28. The van der Waals surface area contributed by atoms with Crippen molar-refractivity contribution in [1.29, 1.82) is 0 Å². The molecule has 0 saturated heterocycles. The highest BCUT2D eigenvalue weighted by atomic mass is 32.1. The first-order chi connectivity index (χ1) is 11.3. The topological polar surface area (TPSA) is 85.8 Å². The predicted molar refractivity (Wildman–Crippen MR) is 84.1 cm³/mol. The predicted octanol–water partition coefficient (Wildman–Crippen LogP) is 2.30. The number of nitrogens with zero attached hydrogens (tertiary/aromatic N) is 4. The van der Waals surface area contributed by atoms with E-state index >= 15 is 0 Å². The van der Waals surface area contributed by atoms with Gasteiger partial charge in [0, 0.05) is 19.0 Å². The van der Waals surface area contributed by atoms with Gasteiger partial charge in [0.25, 0.3) is 5.91 Å². The van der Waals surface area contributed by atoms with E-state index in [9.17, 15) is 4.79 Å². The molecule has 1 fully saturated rings. The van der Waals surface area contributed by atoms with Crippen molar-refractivity contribution in [2.24, 2.45) is 0 Å². The van der Waals surface area contributed by atoms with Gasteiger partial charge in [-0.05, 0) is 25.0 Å². The second-order valence-corrected chi connectivity index (χ2v) is 6.45. The Bertz CT molecular complexity index is 804. The van der Waals surface area contributed by atoms with Gasteiger partial charge in [-0.3, -0.25) is 4.79 Å². The number of aromatic nitrogens is 4. The van der Waals surface area contributed by atoms with Crippen LogP contribution in [0.3, 0.4) is 0 Å². The zero-order valence-electron chi connectivity index (χ0n) is 12.3. The van der Waals surface area contributed by atoms with Crippen molar-refractivity contribution in [3.63, 3.8) is 0 Å². The van der Waals surface area contributed by atoms with Crippen LogP contribution >= 0.6 is 11.3 Å². The molecule has 3 heterocycles. The van der Waals surface area contributed by atoms with Crippen LogP contribution in [0.2, 0.25) is 0 Å². The lowest BCUT2D eigenvalue weighted by Gasteiger charge is -2.06. The van der Waals surface area contributed by atoms with E-state index in [1.54, 1.807) is 24.9 Å². The van der Waals surface area contributed by atoms with E-state index in [4.69, 9.17) is 4.42 Å². The van der Waals surface area contributed by atoms with Gasteiger partial charge in [0.15, 0.2) is 10.8 Å². The standard InChI is InChI=1S/C15H15N5O2S/c21-14(12-8-17-15(23-12)11-2-1-7-22-11)16-5-6-20-9-18-19-13(20)10-3-4-10/h1-2,7-10H,3-6H2,(H,16,21). The molecule has 3 aromatic heterocycles. The highest BCUT2D eigenvalue weighted by Crippen LogP contribution is 2.38. The molecule has 1 N–H and O–H groups in total. The number of carbonyl (C=O) groups excluding carboxylic acids is 1. The number of carbonyl (C=O) groups is 1. The molecule has 118 valence electrons. The van der Waals surface area contributed by atoms with Gasteiger partial charge >= 0.3 is 0 Å². The maximum atomic E-state index is 12.2. The maximum absolute atomic E-state index is 12.2. The monoisotopic (exact) mass is 329 g/mol. The first-order valence-electron chi connectivity index (χ1n) is 7.47. The molecule has 1 saturated carbocycles. The van der Waals surface area contributed by atoms with Gasteiger partial charge in [0.2, 0.25) is 0 Å². The number of furan rings is 1. The molecule has 0 radical (unpaired) electrons. The summed E-state index contributed by atoms with van der Waals surface area (Å²) < 4.78 is 7.30. The summed E-state index contributed by atoms with van der Waals surface area (Å²) in [4.78, 5) is 17.0. The highest BCUT2D eigenvalue weighted by molar-refractivity contribution is 7.16. The molecule has 0 spiro atoms. The second-order valence-electron chi connectivity index (χ2n) is 5.42. The Labute approximate surface area is 136 Å². The van der Waals surface area contributed by atoms with Crippen LogP contribution in [-0.4, -0.2) is 32.2 Å². The van der Waals surface area contributed by atoms with Gasteiger partial charge in [0.05, 0.1) is 12.5 Å². The van der Waals surface area contributed by atoms with Crippen LogP contribution in [0.15, 0.2) is 35.3 Å². The Balaban J connectivity index is 1.34. The number of hydrogen-bond acceptors (Lipinski definition) is 6. The Hall–Kier alpha value is -2.48. The van der Waals surface area contributed by atoms with E-state index in [0.717, 1.165) is 5.82 Å². The number of rotatable bonds is 6. The molecule has 0 unspecified atom stereocenters. The zero-order valence-corrected chi connectivity index (χ0v) is 13.1. The van der Waals surface area contributed by atoms with E-state index in [2.05, 4.69) is 20.5 Å². The Morgan fingerprint density at radius 2 is 2.39 bits per heavy atom. The third-order valence-electron chi connectivity index (χ3n) is 3.69. The van der Waals surface area contributed by atoms with Gasteiger partial charge in [-0.25, -0.2) is 4.98 Å². The zero-order chi connectivity index (χ0) is 15.6. The van der Waals surface area contributed by atoms with Crippen LogP contribution in [0.5, 0.6) is 0 Å². The lowest BCUT2D eigenvalue weighted by Crippen LogP contribution is -2.26. The molecule has 0 aromatic carbocycles. The van der Waals surface area contributed by atoms with Crippen molar-refractivity contribution in [1.82, 2.24) is 25.1 Å². The van der Waals surface area contributed by atoms with Crippen LogP contribution in [0.25, 0.3) is 10.8 Å². The van der Waals surface area contributed by atoms with Crippen LogP contribution in [-0.2, 0) is 6.54 Å². The minimum Gasteiger partial charge on any atom is -0.462 e. The summed E-state index contributed by atoms with van der Waals surface area (Å²) in [6, 6.07) is 3.62. The molecule has 0 bridgehead atoms. The van der Waals surface area contributed by atoms with Crippen molar-refractivity contribution in [2.75, 3.05) is 6.54 Å². The average Bonchev–Trinajstić information content (AvgIpc) is 3.04. The fraction of sp³-hybridized carbons (Fsp3) is 0.333. The van der Waals surface area contributed by atoms with E-state index in [0.29, 0.717) is 34.7 Å². The largest absolute Gasteiger partial charge is 0.462 e. The summed E-state index contributed by atoms with van der Waals surface area (Å²) in [6.07, 6.45) is 7.25. The van der Waals surface area contributed by atoms with Gasteiger partial charge in [-0.1, -0.05) is 0 Å². The number of thiazole rings is 1. The number of hydrogen-bond donors (Lipinski definition) is 1. The fourth-order valence-electron chi connectivity index (χ4n) is 2.36. The molecule has 1 amide bonds. The van der Waals surface area contributed by atoms with Crippen molar-refractivity contribution in [3.05, 3.63) is 41.6 Å². The van der Waals surface area contributed by atoms with Crippen molar-refractivity contribution in [3.8, 4) is 10.8 Å². The van der Waals surface area contributed by atoms with Crippen LogP contribution in [0, 0.1) is 0 Å². The van der Waals surface area contributed by atoms with Gasteiger partial charge in [0.1, 0.15) is 17.0 Å². The van der Waals surface area contributed by atoms with Gasteiger partial charge in [-0.2, -0.15) is 0 Å². The summed E-state index contributed by atoms with van der Waals surface area (Å²) in [5.74, 6) is 2.12. The number of amides is 1. The molecule has 8 heteroatoms. The van der Waals surface area contributed by atoms with E-state index in [1.165, 1.54) is 24.2 Å². The minimum atomic E-state index is -0.124. The SMILES string of the molecule is O=C(NCCn1cnnc1C1CC1)c1cnc(-c2ccco2)s1. The summed E-state index contributed by atoms with van der Waals surface area (Å²) in [7, 11) is 0. The van der Waals surface area contributed by atoms with E-state index in [1.807, 2.05) is 10.6 Å². The smallest absolute Gasteiger partial charge is 0.263 e. The fourth-order valence-corrected chi connectivity index (χ4v) is 3.16. The molecule has 23 heavy (non-hydrogen) atoms. The summed E-state index contributed by atoms with van der Waals surface area (Å²) in [5.41, 5.74) is 0. The Morgan fingerprint density at radius 3 is 3.17 bits per heavy atom. The van der Waals surface area contributed by atoms with Crippen molar-refractivity contribution >= 4 is 17.2 Å². The molecular weight excluding hydrogens is 314 g/mol. The Morgan fingerprint density at radius 1 is 1.48 bits per heavy atom. The molecule has 7 nitrogen and oxygen atoms in total.